The Kier molecular flexibility index (Phi) is 12.3. The molecule has 5 aliphatic carbocycles. The van der Waals surface area contributed by atoms with Gasteiger partial charge in [-0.3, -0.25) is 19.2 Å². The number of hydrogen-bond donors (Lipinski definition) is 0. The Morgan fingerprint density at radius 2 is 0.486 bits per heavy atom. The van der Waals surface area contributed by atoms with Crippen molar-refractivity contribution in [1.29, 1.82) is 0 Å². The van der Waals surface area contributed by atoms with E-state index in [0.29, 0.717) is 0 Å². The lowest BCUT2D eigenvalue weighted by Crippen LogP contribution is -2.52. The van der Waals surface area contributed by atoms with E-state index in [1.165, 1.54) is 0 Å². The van der Waals surface area contributed by atoms with Crippen LogP contribution in [0.15, 0.2) is 105 Å². The van der Waals surface area contributed by atoms with E-state index in [2.05, 4.69) is 227 Å². The predicted octanol–water partition coefficient (Wildman–Crippen LogP) is 15.0. The van der Waals surface area contributed by atoms with Crippen molar-refractivity contribution < 1.29 is 19.2 Å². The number of carbonyl (C=O) groups is 4. The normalized spacial score (nSPS) is 20.4. The highest BCUT2D eigenvalue weighted by atomic mass is 32.1. The highest BCUT2D eigenvalue weighted by Crippen LogP contribution is 2.61. The molecule has 0 atom stereocenters. The van der Waals surface area contributed by atoms with Gasteiger partial charge in [0.1, 0.15) is 0 Å². The number of Topliss-reactive ketones (excluding diaryl/α,β-unsaturated/α-hetero) is 4. The van der Waals surface area contributed by atoms with Crippen LogP contribution < -0.4 is 9.06 Å². The number of rotatable bonds is 0. The summed E-state index contributed by atoms with van der Waals surface area (Å²) in [5.41, 5.74) is 4.53. The first-order chi connectivity index (χ1) is 31.4. The Labute approximate surface area is 428 Å². The van der Waals surface area contributed by atoms with E-state index < -0.39 is 54.1 Å². The second kappa shape index (κ2) is 16.1. The molecular weight excluding hydrogens is 897 g/mol. The van der Waals surface area contributed by atoms with E-state index in [4.69, 9.17) is 0 Å². The van der Waals surface area contributed by atoms with Gasteiger partial charge in [-0.05, 0) is 102 Å². The summed E-state index contributed by atoms with van der Waals surface area (Å²) in [7, 11) is 0. The monoisotopic (exact) mass is 979 g/mol. The van der Waals surface area contributed by atoms with Crippen molar-refractivity contribution in [3.63, 3.8) is 0 Å². The molecule has 70 heavy (non-hydrogen) atoms. The summed E-state index contributed by atoms with van der Waals surface area (Å²) >= 11 is 3.51. The predicted molar refractivity (Wildman–Crippen MR) is 296 cm³/mol. The minimum Gasteiger partial charge on any atom is -0.289 e. The van der Waals surface area contributed by atoms with Crippen molar-refractivity contribution >= 4 is 57.0 Å². The molecule has 0 saturated heterocycles. The minimum atomic E-state index is -1.00. The Hall–Kier alpha value is -4.26. The fourth-order valence-corrected chi connectivity index (χ4v) is 13.4. The quantitative estimate of drug-likeness (QED) is 0.264. The van der Waals surface area contributed by atoms with Crippen molar-refractivity contribution in [3.05, 3.63) is 135 Å². The Morgan fingerprint density at radius 1 is 0.300 bits per heavy atom. The van der Waals surface area contributed by atoms with Gasteiger partial charge < -0.3 is 0 Å². The zero-order valence-electron chi connectivity index (χ0n) is 47.2. The molecule has 2 heterocycles. The molecule has 6 heteroatoms. The van der Waals surface area contributed by atoms with E-state index in [-0.39, 0.29) is 23.1 Å². The first-order valence-corrected chi connectivity index (χ1v) is 27.0. The largest absolute Gasteiger partial charge is 0.289 e. The van der Waals surface area contributed by atoms with Crippen LogP contribution in [0.25, 0.3) is 11.1 Å². The highest BCUT2D eigenvalue weighted by Gasteiger charge is 2.59. The lowest BCUT2D eigenvalue weighted by Gasteiger charge is -2.53. The SMILES string of the molecule is CC(C)(C)C1=CC(=c2cc3c(s2)=c2sc(=C4C=C(C(C)(C)C)C(=O)C(C(C)(C)C)=C4)cc2C2(C=C(C(C)(C)C)C(=O)C(C(C)(C)C)=C2)C32C=C(C(C)(C)C)C(=O)C(C(C)(C)C)=C2)C=C(C(C)(C)C)C1=O. The minimum absolute atomic E-state index is 0.0549. The van der Waals surface area contributed by atoms with Crippen molar-refractivity contribution in [3.8, 4) is 0 Å². The molecule has 0 saturated carbocycles. The molecule has 2 aromatic rings. The topological polar surface area (TPSA) is 68.3 Å². The van der Waals surface area contributed by atoms with Gasteiger partial charge in [-0.1, -0.05) is 190 Å². The van der Waals surface area contributed by atoms with Gasteiger partial charge >= 0.3 is 0 Å². The summed E-state index contributed by atoms with van der Waals surface area (Å²) < 4.78 is 4.30. The molecule has 7 rings (SSSR count). The molecule has 0 radical (unpaired) electrons. The summed E-state index contributed by atoms with van der Waals surface area (Å²) in [4.78, 5) is 59.4. The second-order valence-corrected chi connectivity index (χ2v) is 31.2. The molecule has 0 fully saturated rings. The maximum absolute atomic E-state index is 15.3. The van der Waals surface area contributed by atoms with Crippen LogP contribution in [0.2, 0.25) is 0 Å². The number of ketones is 4. The Bertz CT molecular complexity index is 2840. The maximum Gasteiger partial charge on any atom is 0.186 e. The lowest BCUT2D eigenvalue weighted by atomic mass is 9.48. The third-order valence-corrected chi connectivity index (χ3v) is 17.5. The average molecular weight is 979 g/mol. The van der Waals surface area contributed by atoms with Crippen LogP contribution in [0.1, 0.15) is 177 Å². The van der Waals surface area contributed by atoms with Crippen LogP contribution in [-0.4, -0.2) is 23.1 Å². The molecule has 0 amide bonds. The molecule has 0 unspecified atom stereocenters. The van der Waals surface area contributed by atoms with E-state index >= 15 is 9.59 Å². The number of fused-ring (bicyclic) bond motifs is 5. The number of thiophene rings is 2. The van der Waals surface area contributed by atoms with Crippen molar-refractivity contribution in [2.45, 2.75) is 177 Å². The Morgan fingerprint density at radius 3 is 0.671 bits per heavy atom. The van der Waals surface area contributed by atoms with Crippen LogP contribution in [0.4, 0.5) is 0 Å². The fourth-order valence-electron chi connectivity index (χ4n) is 10.8. The molecule has 374 valence electrons. The van der Waals surface area contributed by atoms with Gasteiger partial charge in [0.15, 0.2) is 23.1 Å². The number of hydrogen-bond acceptors (Lipinski definition) is 6. The van der Waals surface area contributed by atoms with Crippen LogP contribution in [-0.2, 0) is 30.0 Å². The summed E-state index contributed by atoms with van der Waals surface area (Å²) in [6.45, 7) is 51.1. The second-order valence-electron chi connectivity index (χ2n) is 29.1. The van der Waals surface area contributed by atoms with Crippen LogP contribution in [0, 0.1) is 52.4 Å². The summed E-state index contributed by atoms with van der Waals surface area (Å²) in [6, 6.07) is 4.72. The smallest absolute Gasteiger partial charge is 0.186 e. The van der Waals surface area contributed by atoms with Crippen molar-refractivity contribution in [2.75, 3.05) is 0 Å². The van der Waals surface area contributed by atoms with Gasteiger partial charge in [0.25, 0.3) is 0 Å². The summed E-state index contributed by atoms with van der Waals surface area (Å²) in [6.07, 6.45) is 17.7. The molecule has 5 aliphatic rings. The molecule has 2 spiro atoms. The van der Waals surface area contributed by atoms with Crippen LogP contribution >= 0.6 is 22.7 Å². The van der Waals surface area contributed by atoms with Gasteiger partial charge in [0.2, 0.25) is 0 Å². The third-order valence-electron chi connectivity index (χ3n) is 14.9. The van der Waals surface area contributed by atoms with E-state index in [9.17, 15) is 9.59 Å². The van der Waals surface area contributed by atoms with Gasteiger partial charge in [0.05, 0.1) is 10.8 Å². The summed E-state index contributed by atoms with van der Waals surface area (Å²) in [5.74, 6) is 0.289. The maximum atomic E-state index is 15.3. The third kappa shape index (κ3) is 8.81. The highest BCUT2D eigenvalue weighted by molar-refractivity contribution is 7.11. The van der Waals surface area contributed by atoms with Gasteiger partial charge in [-0.2, -0.15) is 0 Å². The fraction of sp³-hybridized carbons (Fsp3) is 0.531. The molecular formula is C64H82O4S2. The average Bonchev–Trinajstić information content (AvgIpc) is 3.81. The Balaban J connectivity index is 1.89. The van der Waals surface area contributed by atoms with Crippen molar-refractivity contribution in [1.82, 2.24) is 0 Å². The van der Waals surface area contributed by atoms with E-state index in [1.807, 2.05) is 0 Å². The molecule has 0 N–H and O–H groups in total. The molecule has 0 aromatic carbocycles. The zero-order valence-corrected chi connectivity index (χ0v) is 48.9. The zero-order chi connectivity index (χ0) is 53.0. The molecule has 2 aromatic heterocycles. The van der Waals surface area contributed by atoms with Gasteiger partial charge in [-0.25, -0.2) is 0 Å². The molecule has 0 bridgehead atoms. The van der Waals surface area contributed by atoms with Gasteiger partial charge in [0, 0.05) is 62.7 Å². The molecule has 0 aliphatic heterocycles. The van der Waals surface area contributed by atoms with E-state index in [0.717, 1.165) is 85.0 Å². The first kappa shape index (κ1) is 53.5. The number of allylic oxidation sites excluding steroid dienone is 16. The van der Waals surface area contributed by atoms with Gasteiger partial charge in [-0.15, -0.1) is 22.7 Å². The van der Waals surface area contributed by atoms with Crippen molar-refractivity contribution in [2.24, 2.45) is 43.3 Å². The van der Waals surface area contributed by atoms with Crippen LogP contribution in [0.5, 0.6) is 0 Å². The molecule has 4 nitrogen and oxygen atoms in total. The standard InChI is InChI=1S/C64H82O4S2/c1-55(2,3)37-25-35(26-38(49(37)65)56(4,5)6)47-29-41-53(69-47)54-42(30-48(70-54)36-27-39(57(7,8)9)50(66)40(28-36)58(10,11)12)64(33-45(61(19,20)21)52(68)46(34-64)62(22,23)24)63(41)31-43(59(13,14)15)51(67)44(32-63)60(16,17)18/h25-34H,1-24H3. The number of carbonyl (C=O) groups excluding carboxylic acids is 4. The first-order valence-electron chi connectivity index (χ1n) is 25.4. The lowest BCUT2D eigenvalue weighted by molar-refractivity contribution is -0.115. The van der Waals surface area contributed by atoms with Crippen LogP contribution in [0.3, 0.4) is 0 Å². The van der Waals surface area contributed by atoms with E-state index in [1.54, 1.807) is 22.7 Å². The summed E-state index contributed by atoms with van der Waals surface area (Å²) in [5, 5.41) is 0.